The fraction of sp³-hybridized carbons (Fsp3) is 0.417. The Morgan fingerprint density at radius 3 is 2.58 bits per heavy atom. The van der Waals surface area contributed by atoms with Crippen LogP contribution in [0.5, 0.6) is 0 Å². The number of nitrogens with two attached hydrogens (primary N) is 1. The molecule has 6 nitrogen and oxygen atoms in total. The van der Waals surface area contributed by atoms with Gasteiger partial charge in [0.2, 0.25) is 5.91 Å². The maximum absolute atomic E-state index is 11.5. The zero-order valence-electron chi connectivity index (χ0n) is 11.2. The minimum atomic E-state index is -0.497. The molecule has 0 saturated heterocycles. The molecule has 0 unspecified atom stereocenters. The average molecular weight is 282 g/mol. The van der Waals surface area contributed by atoms with Gasteiger partial charge in [-0.2, -0.15) is 0 Å². The van der Waals surface area contributed by atoms with Gasteiger partial charge in [0.05, 0.1) is 22.7 Å². The van der Waals surface area contributed by atoms with Crippen molar-refractivity contribution in [3.05, 3.63) is 18.3 Å². The van der Waals surface area contributed by atoms with Crippen LogP contribution in [0, 0.1) is 0 Å². The number of carbonyl (C=O) groups excluding carboxylic acids is 2. The highest BCUT2D eigenvalue weighted by Gasteiger charge is 2.15. The number of hydrogen-bond acceptors (Lipinski definition) is 5. The third kappa shape index (κ3) is 6.66. The highest BCUT2D eigenvalue weighted by atomic mass is 32.2. The van der Waals surface area contributed by atoms with E-state index in [1.54, 1.807) is 12.1 Å². The Kier molecular flexibility index (Phi) is 5.17. The van der Waals surface area contributed by atoms with Gasteiger partial charge in [0, 0.05) is 5.54 Å². The van der Waals surface area contributed by atoms with Crippen LogP contribution >= 0.6 is 11.8 Å². The van der Waals surface area contributed by atoms with Crippen LogP contribution in [-0.2, 0) is 4.79 Å². The van der Waals surface area contributed by atoms with Crippen molar-refractivity contribution in [3.63, 3.8) is 0 Å². The van der Waals surface area contributed by atoms with E-state index in [0.29, 0.717) is 10.7 Å². The Morgan fingerprint density at radius 2 is 2.05 bits per heavy atom. The van der Waals surface area contributed by atoms with Crippen LogP contribution in [0.3, 0.4) is 0 Å². The molecule has 104 valence electrons. The lowest BCUT2D eigenvalue weighted by atomic mass is 10.1. The minimum Gasteiger partial charge on any atom is -0.397 e. The van der Waals surface area contributed by atoms with E-state index in [4.69, 9.17) is 5.73 Å². The molecule has 1 aromatic heterocycles. The molecule has 1 heterocycles. The molecule has 0 aromatic carbocycles. The Bertz CT molecular complexity index is 454. The van der Waals surface area contributed by atoms with Crippen LogP contribution in [0.4, 0.5) is 10.5 Å². The van der Waals surface area contributed by atoms with Crippen molar-refractivity contribution in [2.45, 2.75) is 31.3 Å². The van der Waals surface area contributed by atoms with Gasteiger partial charge in [-0.1, -0.05) is 11.8 Å². The molecule has 1 aromatic rings. The van der Waals surface area contributed by atoms with Gasteiger partial charge in [0.15, 0.2) is 0 Å². The number of nitrogens with one attached hydrogen (secondary N) is 2. The van der Waals surface area contributed by atoms with Gasteiger partial charge in [0.25, 0.3) is 0 Å². The van der Waals surface area contributed by atoms with Crippen molar-refractivity contribution >= 4 is 29.4 Å². The van der Waals surface area contributed by atoms with Gasteiger partial charge in [-0.15, -0.1) is 0 Å². The summed E-state index contributed by atoms with van der Waals surface area (Å²) in [6.07, 6.45) is 1.52. The van der Waals surface area contributed by atoms with E-state index >= 15 is 0 Å². The maximum atomic E-state index is 11.5. The predicted octanol–water partition coefficient (Wildman–Crippen LogP) is 1.38. The summed E-state index contributed by atoms with van der Waals surface area (Å²) in [5.74, 6) is -0.250. The molecule has 1 rings (SSSR count). The summed E-state index contributed by atoms with van der Waals surface area (Å²) in [4.78, 5) is 27.0. The molecule has 0 fully saturated rings. The number of imide groups is 1. The summed E-state index contributed by atoms with van der Waals surface area (Å²) in [5.41, 5.74) is 5.69. The quantitative estimate of drug-likeness (QED) is 0.728. The number of aromatic nitrogens is 1. The molecule has 0 bridgehead atoms. The van der Waals surface area contributed by atoms with Crippen LogP contribution in [0.25, 0.3) is 0 Å². The number of amides is 3. The first-order chi connectivity index (χ1) is 8.76. The minimum absolute atomic E-state index is 0.120. The molecular weight excluding hydrogens is 264 g/mol. The summed E-state index contributed by atoms with van der Waals surface area (Å²) < 4.78 is 0. The fourth-order valence-corrected chi connectivity index (χ4v) is 1.79. The van der Waals surface area contributed by atoms with E-state index < -0.39 is 6.03 Å². The van der Waals surface area contributed by atoms with Crippen LogP contribution in [-0.4, -0.2) is 28.2 Å². The van der Waals surface area contributed by atoms with Crippen molar-refractivity contribution in [1.29, 1.82) is 0 Å². The summed E-state index contributed by atoms with van der Waals surface area (Å²) in [5, 5.41) is 5.58. The number of rotatable bonds is 3. The number of anilines is 1. The maximum Gasteiger partial charge on any atom is 0.321 e. The number of nitrogens with zero attached hydrogens (tertiary/aromatic N) is 1. The largest absolute Gasteiger partial charge is 0.397 e. The van der Waals surface area contributed by atoms with Crippen molar-refractivity contribution in [3.8, 4) is 0 Å². The first kappa shape index (κ1) is 15.3. The van der Waals surface area contributed by atoms with Gasteiger partial charge in [0.1, 0.15) is 0 Å². The zero-order chi connectivity index (χ0) is 14.5. The van der Waals surface area contributed by atoms with Gasteiger partial charge in [-0.05, 0) is 32.9 Å². The van der Waals surface area contributed by atoms with E-state index in [0.717, 1.165) is 0 Å². The second kappa shape index (κ2) is 6.42. The van der Waals surface area contributed by atoms with Crippen molar-refractivity contribution < 1.29 is 9.59 Å². The van der Waals surface area contributed by atoms with Gasteiger partial charge in [-0.25, -0.2) is 9.78 Å². The van der Waals surface area contributed by atoms with Crippen molar-refractivity contribution in [2.24, 2.45) is 0 Å². The molecule has 0 aliphatic carbocycles. The lowest BCUT2D eigenvalue weighted by molar-refractivity contribution is -0.117. The van der Waals surface area contributed by atoms with E-state index in [-0.39, 0.29) is 17.2 Å². The summed E-state index contributed by atoms with van der Waals surface area (Å²) in [7, 11) is 0. The third-order valence-corrected chi connectivity index (χ3v) is 2.80. The lowest BCUT2D eigenvalue weighted by Crippen LogP contribution is -2.48. The first-order valence-electron chi connectivity index (χ1n) is 5.72. The highest BCUT2D eigenvalue weighted by Crippen LogP contribution is 2.15. The number of urea groups is 1. The Labute approximate surface area is 116 Å². The van der Waals surface area contributed by atoms with Crippen LogP contribution in [0.1, 0.15) is 20.8 Å². The third-order valence-electron chi connectivity index (χ3n) is 1.85. The number of pyridine rings is 1. The number of hydrogen-bond donors (Lipinski definition) is 3. The summed E-state index contributed by atoms with van der Waals surface area (Å²) in [6.45, 7) is 5.51. The average Bonchev–Trinajstić information content (AvgIpc) is 2.25. The van der Waals surface area contributed by atoms with Gasteiger partial charge < -0.3 is 11.1 Å². The Balaban J connectivity index is 2.36. The smallest absolute Gasteiger partial charge is 0.321 e. The van der Waals surface area contributed by atoms with Crippen LogP contribution in [0.15, 0.2) is 23.4 Å². The molecule has 4 N–H and O–H groups in total. The first-order valence-corrected chi connectivity index (χ1v) is 6.71. The summed E-state index contributed by atoms with van der Waals surface area (Å²) in [6, 6.07) is 2.94. The molecule has 0 atom stereocenters. The molecule has 0 radical (unpaired) electrons. The van der Waals surface area contributed by atoms with Crippen LogP contribution < -0.4 is 16.4 Å². The Morgan fingerprint density at radius 1 is 1.37 bits per heavy atom. The topological polar surface area (TPSA) is 97.1 Å². The van der Waals surface area contributed by atoms with Crippen molar-refractivity contribution in [2.75, 3.05) is 11.5 Å². The number of nitrogen functional groups attached to an aromatic ring is 1. The van der Waals surface area contributed by atoms with Crippen molar-refractivity contribution in [1.82, 2.24) is 15.6 Å². The molecule has 19 heavy (non-hydrogen) atoms. The van der Waals surface area contributed by atoms with E-state index in [1.807, 2.05) is 20.8 Å². The molecule has 0 aliphatic rings. The second-order valence-electron chi connectivity index (χ2n) is 4.97. The second-order valence-corrected chi connectivity index (χ2v) is 5.97. The SMILES string of the molecule is CC(C)(C)NC(=O)NC(=O)CSc1ccc(N)cn1. The van der Waals surface area contributed by atoms with E-state index in [9.17, 15) is 9.59 Å². The number of carbonyl (C=O) groups is 2. The van der Waals surface area contributed by atoms with Gasteiger partial charge in [-0.3, -0.25) is 10.1 Å². The normalized spacial score (nSPS) is 10.9. The summed E-state index contributed by atoms with van der Waals surface area (Å²) >= 11 is 1.24. The van der Waals surface area contributed by atoms with Gasteiger partial charge >= 0.3 is 6.03 Å². The number of thioether (sulfide) groups is 1. The standard InChI is InChI=1S/C12H18N4O2S/c1-12(2,3)16-11(18)15-9(17)7-19-10-5-4-8(13)6-14-10/h4-6H,7,13H2,1-3H3,(H2,15,16,17,18). The Hall–Kier alpha value is -1.76. The van der Waals surface area contributed by atoms with E-state index in [2.05, 4.69) is 15.6 Å². The monoisotopic (exact) mass is 282 g/mol. The molecular formula is C12H18N4O2S. The van der Waals surface area contributed by atoms with Crippen LogP contribution in [0.2, 0.25) is 0 Å². The molecule has 3 amide bonds. The molecule has 0 aliphatic heterocycles. The molecule has 7 heteroatoms. The van der Waals surface area contributed by atoms with E-state index in [1.165, 1.54) is 18.0 Å². The highest BCUT2D eigenvalue weighted by molar-refractivity contribution is 7.99. The zero-order valence-corrected chi connectivity index (χ0v) is 12.0. The fourth-order valence-electron chi connectivity index (χ4n) is 1.15. The lowest BCUT2D eigenvalue weighted by Gasteiger charge is -2.20. The molecule has 0 spiro atoms. The predicted molar refractivity (Wildman–Crippen MR) is 75.8 cm³/mol. The molecule has 0 saturated carbocycles.